The van der Waals surface area contributed by atoms with Crippen LogP contribution in [0.4, 0.5) is 10.1 Å². The zero-order valence-electron chi connectivity index (χ0n) is 21.9. The van der Waals surface area contributed by atoms with Crippen LogP contribution in [-0.2, 0) is 4.79 Å². The Hall–Kier alpha value is -5.23. The maximum absolute atomic E-state index is 14.2. The first-order valence-corrected chi connectivity index (χ1v) is 12.3. The van der Waals surface area contributed by atoms with Crippen LogP contribution in [-0.4, -0.2) is 73.7 Å². The molecule has 0 aliphatic carbocycles. The quantitative estimate of drug-likeness (QED) is 0.275. The van der Waals surface area contributed by atoms with Crippen molar-refractivity contribution in [3.05, 3.63) is 67.0 Å². The van der Waals surface area contributed by atoms with Crippen molar-refractivity contribution in [2.75, 3.05) is 33.1 Å². The monoisotopic (exact) mass is 537 g/mol. The molecule has 0 spiro atoms. The van der Waals surface area contributed by atoms with Crippen molar-refractivity contribution in [2.24, 2.45) is 0 Å². The molecule has 12 heteroatoms. The van der Waals surface area contributed by atoms with E-state index in [1.165, 1.54) is 19.2 Å². The van der Waals surface area contributed by atoms with E-state index < -0.39 is 5.82 Å². The van der Waals surface area contributed by atoms with Crippen molar-refractivity contribution in [3.8, 4) is 39.7 Å². The molecule has 0 fully saturated rings. The SMILES string of the molecule is COc1cc(F)cc(-c2cncc3[nH]c(-c4n[nH]c5ccc(-c6cncc(NC(=O)CN(C)C)c6)nc45)nc23)c1. The van der Waals surface area contributed by atoms with Crippen LogP contribution in [0.25, 0.3) is 56.0 Å². The van der Waals surface area contributed by atoms with Crippen molar-refractivity contribution >= 4 is 33.7 Å². The highest BCUT2D eigenvalue weighted by Crippen LogP contribution is 2.33. The van der Waals surface area contributed by atoms with Gasteiger partial charge in [-0.25, -0.2) is 14.4 Å². The number of imidazole rings is 1. The Kier molecular flexibility index (Phi) is 6.36. The fourth-order valence-electron chi connectivity index (χ4n) is 4.45. The number of pyridine rings is 3. The summed E-state index contributed by atoms with van der Waals surface area (Å²) in [6.07, 6.45) is 6.56. The molecule has 0 bridgehead atoms. The van der Waals surface area contributed by atoms with Gasteiger partial charge in [-0.3, -0.25) is 19.9 Å². The number of H-pyrrole nitrogens is 2. The molecule has 0 saturated carbocycles. The van der Waals surface area contributed by atoms with Crippen molar-refractivity contribution in [1.29, 1.82) is 0 Å². The summed E-state index contributed by atoms with van der Waals surface area (Å²) in [5.74, 6) is 0.313. The van der Waals surface area contributed by atoms with Crippen LogP contribution >= 0.6 is 0 Å². The lowest BCUT2D eigenvalue weighted by Gasteiger charge is -2.10. The van der Waals surface area contributed by atoms with Gasteiger partial charge in [-0.2, -0.15) is 5.10 Å². The van der Waals surface area contributed by atoms with Gasteiger partial charge < -0.3 is 19.9 Å². The number of hydrogen-bond donors (Lipinski definition) is 3. The summed E-state index contributed by atoms with van der Waals surface area (Å²) >= 11 is 0. The number of methoxy groups -OCH3 is 1. The van der Waals surface area contributed by atoms with Gasteiger partial charge in [0.25, 0.3) is 0 Å². The van der Waals surface area contributed by atoms with Gasteiger partial charge in [0.05, 0.1) is 54.0 Å². The Morgan fingerprint density at radius 1 is 0.975 bits per heavy atom. The highest BCUT2D eigenvalue weighted by molar-refractivity contribution is 5.96. The number of ether oxygens (including phenoxy) is 1. The molecule has 1 aromatic carbocycles. The van der Waals surface area contributed by atoms with Crippen LogP contribution in [0.1, 0.15) is 0 Å². The minimum atomic E-state index is -0.423. The molecule has 1 amide bonds. The summed E-state index contributed by atoms with van der Waals surface area (Å²) < 4.78 is 19.5. The number of halogens is 1. The number of carbonyl (C=O) groups is 1. The molecule has 3 N–H and O–H groups in total. The van der Waals surface area contributed by atoms with E-state index in [4.69, 9.17) is 14.7 Å². The van der Waals surface area contributed by atoms with E-state index in [0.717, 1.165) is 11.1 Å². The van der Waals surface area contributed by atoms with Crippen molar-refractivity contribution < 1.29 is 13.9 Å². The zero-order valence-corrected chi connectivity index (χ0v) is 21.9. The summed E-state index contributed by atoms with van der Waals surface area (Å²) in [6.45, 7) is 0.258. The third-order valence-corrected chi connectivity index (χ3v) is 6.22. The number of carbonyl (C=O) groups excluding carboxylic acids is 1. The van der Waals surface area contributed by atoms with E-state index in [-0.39, 0.29) is 12.5 Å². The first kappa shape index (κ1) is 25.1. The normalized spacial score (nSPS) is 11.4. The molecule has 40 heavy (non-hydrogen) atoms. The smallest absolute Gasteiger partial charge is 0.238 e. The molecule has 0 aliphatic heterocycles. The Morgan fingerprint density at radius 3 is 2.65 bits per heavy atom. The van der Waals surface area contributed by atoms with E-state index in [2.05, 4.69) is 30.5 Å². The van der Waals surface area contributed by atoms with Crippen molar-refractivity contribution in [3.63, 3.8) is 0 Å². The van der Waals surface area contributed by atoms with Gasteiger partial charge in [0, 0.05) is 29.6 Å². The molecular weight excluding hydrogens is 513 g/mol. The van der Waals surface area contributed by atoms with Gasteiger partial charge in [0.2, 0.25) is 5.91 Å². The number of aromatic amines is 2. The van der Waals surface area contributed by atoms with E-state index >= 15 is 0 Å². The molecule has 0 atom stereocenters. The lowest BCUT2D eigenvalue weighted by Crippen LogP contribution is -2.27. The van der Waals surface area contributed by atoms with Crippen LogP contribution < -0.4 is 10.1 Å². The van der Waals surface area contributed by atoms with E-state index in [9.17, 15) is 9.18 Å². The molecule has 200 valence electrons. The first-order chi connectivity index (χ1) is 19.4. The predicted molar refractivity (Wildman–Crippen MR) is 149 cm³/mol. The third kappa shape index (κ3) is 4.83. The molecule has 6 aromatic rings. The van der Waals surface area contributed by atoms with Crippen molar-refractivity contribution in [2.45, 2.75) is 0 Å². The standard InChI is InChI=1S/C28H24FN9O2/c1-38(2)14-24(39)32-18-7-16(10-30-11-18)21-4-5-22-26(33-21)27(37-36-22)28-34-23-13-31-12-20(25(23)35-28)15-6-17(29)9-19(8-15)40-3/h4-13H,14H2,1-3H3,(H,32,39)(H,34,35)(H,36,37). The highest BCUT2D eigenvalue weighted by atomic mass is 19.1. The van der Waals surface area contributed by atoms with Crippen LogP contribution in [0.3, 0.4) is 0 Å². The van der Waals surface area contributed by atoms with Gasteiger partial charge in [-0.15, -0.1) is 0 Å². The largest absolute Gasteiger partial charge is 0.497 e. The summed E-state index contributed by atoms with van der Waals surface area (Å²) in [6, 6.07) is 10.0. The minimum Gasteiger partial charge on any atom is -0.497 e. The fraction of sp³-hybridized carbons (Fsp3) is 0.143. The van der Waals surface area contributed by atoms with E-state index in [1.807, 2.05) is 32.3 Å². The number of amides is 1. The topological polar surface area (TPSA) is 138 Å². The minimum absolute atomic E-state index is 0.139. The van der Waals surface area contributed by atoms with Crippen molar-refractivity contribution in [1.82, 2.24) is 40.0 Å². The number of benzene rings is 1. The third-order valence-electron chi connectivity index (χ3n) is 6.22. The molecular formula is C28H24FN9O2. The number of rotatable bonds is 7. The lowest BCUT2D eigenvalue weighted by molar-refractivity contribution is -0.116. The van der Waals surface area contributed by atoms with Gasteiger partial charge >= 0.3 is 0 Å². The molecule has 6 rings (SSSR count). The molecule has 0 saturated heterocycles. The second-order valence-corrected chi connectivity index (χ2v) is 9.46. The molecule has 0 aliphatic rings. The fourth-order valence-corrected chi connectivity index (χ4v) is 4.45. The first-order valence-electron chi connectivity index (χ1n) is 12.3. The number of anilines is 1. The number of nitrogens with one attached hydrogen (secondary N) is 3. The Morgan fingerprint density at radius 2 is 1.82 bits per heavy atom. The van der Waals surface area contributed by atoms with Crippen LogP contribution in [0.5, 0.6) is 5.75 Å². The second kappa shape index (κ2) is 10.2. The highest BCUT2D eigenvalue weighted by Gasteiger charge is 2.18. The number of fused-ring (bicyclic) bond motifs is 2. The van der Waals surface area contributed by atoms with E-state index in [1.54, 1.807) is 35.8 Å². The van der Waals surface area contributed by atoms with E-state index in [0.29, 0.717) is 56.3 Å². The number of nitrogens with zero attached hydrogens (tertiary/aromatic N) is 6. The zero-order chi connectivity index (χ0) is 27.8. The molecule has 5 heterocycles. The number of aromatic nitrogens is 7. The predicted octanol–water partition coefficient (Wildman–Crippen LogP) is 4.27. The summed E-state index contributed by atoms with van der Waals surface area (Å²) in [7, 11) is 5.14. The van der Waals surface area contributed by atoms with Crippen LogP contribution in [0.2, 0.25) is 0 Å². The Balaban J connectivity index is 1.38. The summed E-state index contributed by atoms with van der Waals surface area (Å²) in [4.78, 5) is 35.5. The van der Waals surface area contributed by atoms with Gasteiger partial charge in [-0.05, 0) is 50.0 Å². The molecule has 11 nitrogen and oxygen atoms in total. The van der Waals surface area contributed by atoms with Crippen LogP contribution in [0, 0.1) is 5.82 Å². The molecule has 5 aromatic heterocycles. The second-order valence-electron chi connectivity index (χ2n) is 9.46. The summed E-state index contributed by atoms with van der Waals surface area (Å²) in [5, 5.41) is 10.3. The molecule has 0 radical (unpaired) electrons. The maximum Gasteiger partial charge on any atom is 0.238 e. The number of likely N-dealkylation sites (N-methyl/N-ethyl adjacent to an activating group) is 1. The summed E-state index contributed by atoms with van der Waals surface area (Å²) in [5.41, 5.74) is 6.28. The van der Waals surface area contributed by atoms with Crippen LogP contribution in [0.15, 0.2) is 61.2 Å². The average Bonchev–Trinajstić information content (AvgIpc) is 3.56. The molecule has 0 unspecified atom stereocenters. The van der Waals surface area contributed by atoms with Gasteiger partial charge in [0.15, 0.2) is 11.5 Å². The van der Waals surface area contributed by atoms with Gasteiger partial charge in [-0.1, -0.05) is 0 Å². The Labute approximate surface area is 227 Å². The van der Waals surface area contributed by atoms with Gasteiger partial charge in [0.1, 0.15) is 17.1 Å². The number of hydrogen-bond acceptors (Lipinski definition) is 8. The average molecular weight is 538 g/mol. The Bertz CT molecular complexity index is 1880. The maximum atomic E-state index is 14.2. The lowest BCUT2D eigenvalue weighted by atomic mass is 10.1.